The van der Waals surface area contributed by atoms with Crippen molar-refractivity contribution < 1.29 is 9.53 Å². The molecule has 33 heavy (non-hydrogen) atoms. The van der Waals surface area contributed by atoms with Crippen LogP contribution in [0.4, 0.5) is 10.7 Å². The molecule has 0 bridgehead atoms. The van der Waals surface area contributed by atoms with Gasteiger partial charge in [-0.1, -0.05) is 32.0 Å². The van der Waals surface area contributed by atoms with Crippen LogP contribution in [0.15, 0.2) is 41.0 Å². The first-order valence-corrected chi connectivity index (χ1v) is 12.4. The molecule has 2 aliphatic heterocycles. The van der Waals surface area contributed by atoms with Crippen molar-refractivity contribution in [2.75, 3.05) is 18.6 Å². The Balaban J connectivity index is 1.76. The van der Waals surface area contributed by atoms with Crippen LogP contribution in [0.1, 0.15) is 74.8 Å². The minimum Gasteiger partial charge on any atom is -0.462 e. The summed E-state index contributed by atoms with van der Waals surface area (Å²) in [7, 11) is 2.09. The number of para-hydroxylation sites is 1. The van der Waals surface area contributed by atoms with E-state index in [1.165, 1.54) is 16.9 Å². The van der Waals surface area contributed by atoms with Crippen LogP contribution in [-0.4, -0.2) is 31.4 Å². The van der Waals surface area contributed by atoms with Gasteiger partial charge in [-0.25, -0.2) is 9.79 Å². The van der Waals surface area contributed by atoms with Crippen molar-refractivity contribution in [2.24, 2.45) is 4.99 Å². The largest absolute Gasteiger partial charge is 0.462 e. The second kappa shape index (κ2) is 8.10. The molecule has 0 aliphatic carbocycles. The Labute approximate surface area is 201 Å². The monoisotopic (exact) mass is 465 g/mol. The lowest BCUT2D eigenvalue weighted by atomic mass is 9.81. The number of benzene rings is 1. The van der Waals surface area contributed by atoms with E-state index in [2.05, 4.69) is 89.1 Å². The summed E-state index contributed by atoms with van der Waals surface area (Å²) in [6.07, 6.45) is 4.67. The fourth-order valence-electron chi connectivity index (χ4n) is 5.50. The zero-order valence-corrected chi connectivity index (χ0v) is 21.8. The zero-order valence-electron chi connectivity index (χ0n) is 21.0. The van der Waals surface area contributed by atoms with Gasteiger partial charge in [0.25, 0.3) is 0 Å². The highest BCUT2D eigenvalue weighted by atomic mass is 32.1. The molecule has 0 saturated heterocycles. The fourth-order valence-corrected chi connectivity index (χ4v) is 6.72. The Morgan fingerprint density at radius 1 is 1.21 bits per heavy atom. The molecule has 0 radical (unpaired) electrons. The number of likely N-dealkylation sites (N-methyl/N-ethyl adjacent to an activating group) is 1. The smallest absolute Gasteiger partial charge is 0.341 e. The number of esters is 1. The summed E-state index contributed by atoms with van der Waals surface area (Å²) < 4.78 is 5.45. The number of hydrogen-bond donors (Lipinski definition) is 1. The van der Waals surface area contributed by atoms with Gasteiger partial charge in [-0.15, -0.1) is 11.3 Å². The molecule has 6 heteroatoms. The van der Waals surface area contributed by atoms with Crippen LogP contribution in [0.2, 0.25) is 0 Å². The van der Waals surface area contributed by atoms with Gasteiger partial charge in [-0.2, -0.15) is 0 Å². The van der Waals surface area contributed by atoms with Crippen LogP contribution in [-0.2, 0) is 22.1 Å². The predicted molar refractivity (Wildman–Crippen MR) is 138 cm³/mol. The van der Waals surface area contributed by atoms with E-state index < -0.39 is 0 Å². The Kier molecular flexibility index (Phi) is 5.82. The Morgan fingerprint density at radius 2 is 1.91 bits per heavy atom. The highest BCUT2D eigenvalue weighted by Gasteiger charge is 2.42. The molecule has 3 heterocycles. The summed E-state index contributed by atoms with van der Waals surface area (Å²) in [5, 5.41) is 4.44. The van der Waals surface area contributed by atoms with E-state index in [4.69, 9.17) is 9.73 Å². The van der Waals surface area contributed by atoms with Crippen LogP contribution < -0.4 is 10.2 Å². The minimum absolute atomic E-state index is 0.119. The number of fused-ring (bicyclic) bond motifs is 2. The SMILES string of the molecule is CCOC(=O)c1c(/N=C/C=C2/N(C)c3ccccc3C2(C)C)sc2c1CC(C)(C)NC2(C)C. The van der Waals surface area contributed by atoms with E-state index in [1.807, 2.05) is 13.1 Å². The lowest BCUT2D eigenvalue weighted by molar-refractivity contribution is 0.0525. The lowest BCUT2D eigenvalue weighted by Crippen LogP contribution is -2.55. The van der Waals surface area contributed by atoms with Gasteiger partial charge < -0.3 is 15.0 Å². The van der Waals surface area contributed by atoms with Gasteiger partial charge in [0.15, 0.2) is 0 Å². The van der Waals surface area contributed by atoms with E-state index >= 15 is 0 Å². The molecule has 176 valence electrons. The maximum absolute atomic E-state index is 13.0. The van der Waals surface area contributed by atoms with Gasteiger partial charge in [0.2, 0.25) is 0 Å². The van der Waals surface area contributed by atoms with E-state index in [-0.39, 0.29) is 22.5 Å². The van der Waals surface area contributed by atoms with Crippen molar-refractivity contribution >= 4 is 34.2 Å². The zero-order chi connectivity index (χ0) is 24.2. The van der Waals surface area contributed by atoms with Crippen molar-refractivity contribution in [1.82, 2.24) is 5.32 Å². The van der Waals surface area contributed by atoms with Gasteiger partial charge in [0.1, 0.15) is 5.00 Å². The molecule has 2 aliphatic rings. The molecule has 0 fully saturated rings. The van der Waals surface area contributed by atoms with Gasteiger partial charge in [-0.3, -0.25) is 0 Å². The number of anilines is 1. The normalized spacial score (nSPS) is 21.3. The Hall–Kier alpha value is -2.44. The molecule has 1 N–H and O–H groups in total. The number of nitrogens with zero attached hydrogens (tertiary/aromatic N) is 2. The van der Waals surface area contributed by atoms with E-state index in [1.54, 1.807) is 11.3 Å². The molecule has 0 atom stereocenters. The van der Waals surface area contributed by atoms with Crippen molar-refractivity contribution in [2.45, 2.75) is 71.4 Å². The number of thiophene rings is 1. The fraction of sp³-hybridized carbons (Fsp3) is 0.481. The van der Waals surface area contributed by atoms with Crippen molar-refractivity contribution in [1.29, 1.82) is 0 Å². The standard InChI is InChI=1S/C27H35N3O2S/c1-9-32-24(31)21-17-16-25(2,3)29-27(6,7)22(17)33-23(21)28-15-14-20-26(4,5)18-12-10-11-13-19(18)30(20)8/h10-15,29H,9,16H2,1-8H3/b20-14+,28-15+. The van der Waals surface area contributed by atoms with Gasteiger partial charge in [0, 0.05) is 46.0 Å². The average Bonchev–Trinajstić information content (AvgIpc) is 3.16. The molecule has 0 unspecified atom stereocenters. The van der Waals surface area contributed by atoms with Crippen molar-refractivity contribution in [3.63, 3.8) is 0 Å². The molecule has 0 saturated carbocycles. The van der Waals surface area contributed by atoms with Gasteiger partial charge in [-0.05, 0) is 64.3 Å². The predicted octanol–water partition coefficient (Wildman–Crippen LogP) is 6.10. The van der Waals surface area contributed by atoms with E-state index in [9.17, 15) is 4.79 Å². The third-order valence-electron chi connectivity index (χ3n) is 6.67. The third kappa shape index (κ3) is 4.04. The number of aliphatic imine (C=N–C) groups is 1. The highest BCUT2D eigenvalue weighted by Crippen LogP contribution is 2.48. The number of carbonyl (C=O) groups is 1. The molecule has 1 aromatic heterocycles. The maximum Gasteiger partial charge on any atom is 0.341 e. The molecule has 0 spiro atoms. The Morgan fingerprint density at radius 3 is 2.58 bits per heavy atom. The second-order valence-electron chi connectivity index (χ2n) is 10.7. The first kappa shape index (κ1) is 23.7. The molecular weight excluding hydrogens is 430 g/mol. The summed E-state index contributed by atoms with van der Waals surface area (Å²) in [4.78, 5) is 21.2. The topological polar surface area (TPSA) is 53.9 Å². The highest BCUT2D eigenvalue weighted by molar-refractivity contribution is 7.16. The van der Waals surface area contributed by atoms with Gasteiger partial charge >= 0.3 is 5.97 Å². The Bertz CT molecular complexity index is 1150. The first-order valence-electron chi connectivity index (χ1n) is 11.6. The molecule has 2 aromatic rings. The number of carbonyl (C=O) groups excluding carboxylic acids is 1. The number of ether oxygens (including phenoxy) is 1. The van der Waals surface area contributed by atoms with Crippen LogP contribution in [0.3, 0.4) is 0 Å². The summed E-state index contributed by atoms with van der Waals surface area (Å²) in [5.41, 5.74) is 4.90. The van der Waals surface area contributed by atoms with E-state index in [0.717, 1.165) is 21.9 Å². The summed E-state index contributed by atoms with van der Waals surface area (Å²) in [5.74, 6) is -0.283. The van der Waals surface area contributed by atoms with Crippen LogP contribution >= 0.6 is 11.3 Å². The van der Waals surface area contributed by atoms with Crippen LogP contribution in [0, 0.1) is 0 Å². The number of allylic oxidation sites excluding steroid dienone is 2. The van der Waals surface area contributed by atoms with Crippen LogP contribution in [0.25, 0.3) is 0 Å². The second-order valence-corrected chi connectivity index (χ2v) is 11.7. The van der Waals surface area contributed by atoms with Gasteiger partial charge in [0.05, 0.1) is 12.2 Å². The molecule has 4 rings (SSSR count). The molecule has 0 amide bonds. The van der Waals surface area contributed by atoms with Crippen molar-refractivity contribution in [3.8, 4) is 0 Å². The molecule has 1 aromatic carbocycles. The quantitative estimate of drug-likeness (QED) is 0.438. The van der Waals surface area contributed by atoms with Crippen molar-refractivity contribution in [3.05, 3.63) is 57.6 Å². The first-order chi connectivity index (χ1) is 15.4. The summed E-state index contributed by atoms with van der Waals surface area (Å²) in [6, 6.07) is 8.50. The summed E-state index contributed by atoms with van der Waals surface area (Å²) >= 11 is 1.59. The number of nitrogens with one attached hydrogen (secondary N) is 1. The number of hydrogen-bond acceptors (Lipinski definition) is 6. The molecular formula is C27H35N3O2S. The number of rotatable bonds is 4. The average molecular weight is 466 g/mol. The minimum atomic E-state index is -0.283. The summed E-state index contributed by atoms with van der Waals surface area (Å²) in [6.45, 7) is 15.3. The maximum atomic E-state index is 13.0. The lowest BCUT2D eigenvalue weighted by Gasteiger charge is -2.42. The molecule has 5 nitrogen and oxygen atoms in total. The van der Waals surface area contributed by atoms with E-state index in [0.29, 0.717) is 12.2 Å². The third-order valence-corrected chi connectivity index (χ3v) is 8.13. The van der Waals surface area contributed by atoms with Crippen LogP contribution in [0.5, 0.6) is 0 Å².